The first-order valence-electron chi connectivity index (χ1n) is 6.76. The highest BCUT2D eigenvalue weighted by atomic mass is 19.1. The van der Waals surface area contributed by atoms with Crippen molar-refractivity contribution < 1.29 is 14.0 Å². The summed E-state index contributed by atoms with van der Waals surface area (Å²) < 4.78 is 13.1. The van der Waals surface area contributed by atoms with Gasteiger partial charge in [-0.1, -0.05) is 24.3 Å². The Bertz CT molecular complexity index is 730. The number of hydrogen-bond donors (Lipinski definition) is 2. The minimum Gasteiger partial charge on any atom is -0.368 e. The van der Waals surface area contributed by atoms with Crippen LogP contribution in [-0.2, 0) is 4.79 Å². The minimum absolute atomic E-state index is 0.0562. The molecule has 2 aromatic carbocycles. The fourth-order valence-electron chi connectivity index (χ4n) is 2.59. The molecule has 0 bridgehead atoms. The van der Waals surface area contributed by atoms with Crippen molar-refractivity contribution in [1.29, 1.82) is 0 Å². The maximum atomic E-state index is 13.1. The average Bonchev–Trinajstić information content (AvgIpc) is 2.51. The molecule has 0 saturated heterocycles. The summed E-state index contributed by atoms with van der Waals surface area (Å²) in [4.78, 5) is 25.3. The third-order valence-corrected chi connectivity index (χ3v) is 3.55. The van der Waals surface area contributed by atoms with Crippen LogP contribution in [0.4, 0.5) is 10.1 Å². The van der Waals surface area contributed by atoms with Crippen molar-refractivity contribution >= 4 is 17.5 Å². The second-order valence-corrected chi connectivity index (χ2v) is 5.04. The van der Waals surface area contributed by atoms with Crippen molar-refractivity contribution in [2.24, 2.45) is 5.73 Å². The molecule has 2 aromatic rings. The summed E-state index contributed by atoms with van der Waals surface area (Å²) in [5.74, 6) is -1.13. The second kappa shape index (κ2) is 5.48. The number of nitrogens with zero attached hydrogens (tertiary/aromatic N) is 1. The predicted molar refractivity (Wildman–Crippen MR) is 79.6 cm³/mol. The third-order valence-electron chi connectivity index (χ3n) is 3.55. The lowest BCUT2D eigenvalue weighted by Gasteiger charge is -2.38. The molecule has 1 aliphatic rings. The fourth-order valence-corrected chi connectivity index (χ4v) is 2.59. The van der Waals surface area contributed by atoms with E-state index in [9.17, 15) is 14.0 Å². The van der Waals surface area contributed by atoms with Crippen LogP contribution in [0.3, 0.4) is 0 Å². The zero-order valence-electron chi connectivity index (χ0n) is 11.6. The molecule has 0 unspecified atom stereocenters. The van der Waals surface area contributed by atoms with E-state index in [2.05, 4.69) is 5.32 Å². The van der Waals surface area contributed by atoms with Crippen molar-refractivity contribution in [2.75, 3.05) is 11.4 Å². The van der Waals surface area contributed by atoms with E-state index in [4.69, 9.17) is 5.73 Å². The number of rotatable bonds is 3. The standard InChI is InChI=1S/C16H14FN3O2/c17-11-7-5-10(6-8-11)15-19-16(22)12-3-1-2-4-13(12)20(15)9-14(18)21/h1-8,15H,9H2,(H2,18,21)(H,19,22)/t15-/m0/s1. The summed E-state index contributed by atoms with van der Waals surface area (Å²) >= 11 is 0. The first-order chi connectivity index (χ1) is 10.6. The van der Waals surface area contributed by atoms with Gasteiger partial charge in [-0.15, -0.1) is 0 Å². The summed E-state index contributed by atoms with van der Waals surface area (Å²) in [6, 6.07) is 12.7. The molecule has 112 valence electrons. The molecule has 0 aromatic heterocycles. The van der Waals surface area contributed by atoms with Crippen LogP contribution >= 0.6 is 0 Å². The molecular weight excluding hydrogens is 285 g/mol. The number of primary amides is 1. The summed E-state index contributed by atoms with van der Waals surface area (Å²) in [7, 11) is 0. The molecule has 2 amide bonds. The van der Waals surface area contributed by atoms with Gasteiger partial charge in [-0.3, -0.25) is 9.59 Å². The molecule has 0 aliphatic carbocycles. The topological polar surface area (TPSA) is 75.4 Å². The van der Waals surface area contributed by atoms with Gasteiger partial charge in [0.25, 0.3) is 5.91 Å². The van der Waals surface area contributed by atoms with E-state index in [1.54, 1.807) is 41.3 Å². The number of hydrogen-bond acceptors (Lipinski definition) is 3. The van der Waals surface area contributed by atoms with Gasteiger partial charge in [0.1, 0.15) is 12.0 Å². The van der Waals surface area contributed by atoms with Gasteiger partial charge in [0.05, 0.1) is 17.8 Å². The van der Waals surface area contributed by atoms with Crippen LogP contribution in [-0.4, -0.2) is 18.4 Å². The van der Waals surface area contributed by atoms with Crippen molar-refractivity contribution in [3.8, 4) is 0 Å². The van der Waals surface area contributed by atoms with Gasteiger partial charge < -0.3 is 16.0 Å². The first kappa shape index (κ1) is 14.1. The average molecular weight is 299 g/mol. The van der Waals surface area contributed by atoms with Crippen LogP contribution in [0.25, 0.3) is 0 Å². The van der Waals surface area contributed by atoms with Crippen molar-refractivity contribution in [2.45, 2.75) is 6.17 Å². The van der Waals surface area contributed by atoms with Crippen LogP contribution in [0.5, 0.6) is 0 Å². The van der Waals surface area contributed by atoms with Crippen LogP contribution < -0.4 is 16.0 Å². The Kier molecular flexibility index (Phi) is 3.50. The van der Waals surface area contributed by atoms with Gasteiger partial charge in [-0.2, -0.15) is 0 Å². The Labute approximate surface area is 126 Å². The lowest BCUT2D eigenvalue weighted by Crippen LogP contribution is -2.49. The second-order valence-electron chi connectivity index (χ2n) is 5.04. The van der Waals surface area contributed by atoms with E-state index in [0.717, 1.165) is 0 Å². The molecule has 0 fully saturated rings. The van der Waals surface area contributed by atoms with E-state index in [1.807, 2.05) is 0 Å². The quantitative estimate of drug-likeness (QED) is 0.903. The van der Waals surface area contributed by atoms with Crippen molar-refractivity contribution in [3.05, 3.63) is 65.5 Å². The molecule has 3 N–H and O–H groups in total. The number of nitrogens with two attached hydrogens (primary N) is 1. The van der Waals surface area contributed by atoms with Crippen LogP contribution in [0.15, 0.2) is 48.5 Å². The monoisotopic (exact) mass is 299 g/mol. The normalized spacial score (nSPS) is 16.9. The Morgan fingerprint density at radius 1 is 1.18 bits per heavy atom. The number of fused-ring (bicyclic) bond motifs is 1. The maximum absolute atomic E-state index is 13.1. The summed E-state index contributed by atoms with van der Waals surface area (Å²) in [6.07, 6.45) is -0.574. The molecule has 22 heavy (non-hydrogen) atoms. The fraction of sp³-hybridized carbons (Fsp3) is 0.125. The van der Waals surface area contributed by atoms with E-state index >= 15 is 0 Å². The SMILES string of the molecule is NC(=O)CN1c2ccccc2C(=O)N[C@@H]1c1ccc(F)cc1. The Hall–Kier alpha value is -2.89. The van der Waals surface area contributed by atoms with Gasteiger partial charge in [0.2, 0.25) is 5.91 Å². The minimum atomic E-state index is -0.574. The smallest absolute Gasteiger partial charge is 0.255 e. The molecule has 5 nitrogen and oxygen atoms in total. The number of anilines is 1. The number of amides is 2. The number of para-hydroxylation sites is 1. The molecule has 0 spiro atoms. The molecule has 1 aliphatic heterocycles. The maximum Gasteiger partial charge on any atom is 0.255 e. The number of halogens is 1. The van der Waals surface area contributed by atoms with Crippen LogP contribution in [0, 0.1) is 5.82 Å². The molecular formula is C16H14FN3O2. The Morgan fingerprint density at radius 2 is 1.86 bits per heavy atom. The zero-order valence-corrected chi connectivity index (χ0v) is 11.6. The molecule has 1 heterocycles. The van der Waals surface area contributed by atoms with Crippen LogP contribution in [0.2, 0.25) is 0 Å². The Morgan fingerprint density at radius 3 is 2.55 bits per heavy atom. The first-order valence-corrected chi connectivity index (χ1v) is 6.76. The van der Waals surface area contributed by atoms with Gasteiger partial charge in [-0.05, 0) is 29.8 Å². The summed E-state index contributed by atoms with van der Waals surface area (Å²) in [6.45, 7) is -0.0562. The van der Waals surface area contributed by atoms with E-state index in [0.29, 0.717) is 16.8 Å². The van der Waals surface area contributed by atoms with E-state index < -0.39 is 12.1 Å². The number of benzene rings is 2. The lowest BCUT2D eigenvalue weighted by molar-refractivity contribution is -0.116. The predicted octanol–water partition coefficient (Wildman–Crippen LogP) is 1.56. The Balaban J connectivity index is 2.07. The van der Waals surface area contributed by atoms with Gasteiger partial charge in [0, 0.05) is 0 Å². The molecule has 3 rings (SSSR count). The number of carbonyl (C=O) groups excluding carboxylic acids is 2. The molecule has 0 saturated carbocycles. The van der Waals surface area contributed by atoms with Crippen molar-refractivity contribution in [1.82, 2.24) is 5.32 Å². The zero-order chi connectivity index (χ0) is 15.7. The third kappa shape index (κ3) is 2.50. The highest BCUT2D eigenvalue weighted by Gasteiger charge is 2.32. The molecule has 1 atom stereocenters. The summed E-state index contributed by atoms with van der Waals surface area (Å²) in [5.41, 5.74) is 7.10. The molecule has 6 heteroatoms. The van der Waals surface area contributed by atoms with Crippen LogP contribution in [0.1, 0.15) is 22.1 Å². The van der Waals surface area contributed by atoms with E-state index in [-0.39, 0.29) is 18.3 Å². The summed E-state index contributed by atoms with van der Waals surface area (Å²) in [5, 5.41) is 2.82. The van der Waals surface area contributed by atoms with Gasteiger partial charge >= 0.3 is 0 Å². The van der Waals surface area contributed by atoms with E-state index in [1.165, 1.54) is 12.1 Å². The van der Waals surface area contributed by atoms with Gasteiger partial charge in [0.15, 0.2) is 0 Å². The highest BCUT2D eigenvalue weighted by Crippen LogP contribution is 2.32. The largest absolute Gasteiger partial charge is 0.368 e. The molecule has 0 radical (unpaired) electrons. The van der Waals surface area contributed by atoms with Gasteiger partial charge in [-0.25, -0.2) is 4.39 Å². The van der Waals surface area contributed by atoms with Crippen molar-refractivity contribution in [3.63, 3.8) is 0 Å². The number of nitrogens with one attached hydrogen (secondary N) is 1. The highest BCUT2D eigenvalue weighted by molar-refractivity contribution is 6.02. The lowest BCUT2D eigenvalue weighted by atomic mass is 10.0. The number of carbonyl (C=O) groups is 2.